The van der Waals surface area contributed by atoms with Crippen LogP contribution >= 0.6 is 0 Å². The standard InChI is InChI=1S/C14H22N4O3/c1-3-21-10-13(19)15-7-11-4-5-18(9-11)12-6-14(20)17(2)16-8-12/h6,8,11H,3-5,7,9-10H2,1-2H3,(H,15,19)/t11-/m1/s1. The van der Waals surface area contributed by atoms with Crippen LogP contribution in [0.4, 0.5) is 5.69 Å². The second-order valence-electron chi connectivity index (χ2n) is 5.22. The van der Waals surface area contributed by atoms with E-state index in [9.17, 15) is 9.59 Å². The molecule has 116 valence electrons. The summed E-state index contributed by atoms with van der Waals surface area (Å²) in [5.74, 6) is 0.310. The third-order valence-electron chi connectivity index (χ3n) is 3.63. The molecule has 0 aromatic carbocycles. The molecule has 7 nitrogen and oxygen atoms in total. The van der Waals surface area contributed by atoms with E-state index in [2.05, 4.69) is 15.3 Å². The predicted octanol–water partition coefficient (Wildman–Crippen LogP) is -0.241. The Morgan fingerprint density at radius 2 is 2.38 bits per heavy atom. The van der Waals surface area contributed by atoms with Crippen molar-refractivity contribution in [3.63, 3.8) is 0 Å². The van der Waals surface area contributed by atoms with Crippen LogP contribution in [0.25, 0.3) is 0 Å². The van der Waals surface area contributed by atoms with Crippen molar-refractivity contribution in [3.05, 3.63) is 22.6 Å². The Bertz CT molecular complexity index is 543. The maximum absolute atomic E-state index is 11.6. The van der Waals surface area contributed by atoms with Crippen molar-refractivity contribution < 1.29 is 9.53 Å². The summed E-state index contributed by atoms with van der Waals surface area (Å²) in [6.45, 7) is 4.86. The quantitative estimate of drug-likeness (QED) is 0.783. The normalized spacial score (nSPS) is 18.0. The van der Waals surface area contributed by atoms with E-state index < -0.39 is 0 Å². The SMILES string of the molecule is CCOCC(=O)NC[C@H]1CCN(c2cnn(C)c(=O)c2)C1. The van der Waals surface area contributed by atoms with Crippen molar-refractivity contribution in [2.24, 2.45) is 13.0 Å². The number of anilines is 1. The second kappa shape index (κ2) is 7.21. The van der Waals surface area contributed by atoms with Crippen LogP contribution in [0.15, 0.2) is 17.1 Å². The van der Waals surface area contributed by atoms with E-state index in [0.29, 0.717) is 19.1 Å². The van der Waals surface area contributed by atoms with Gasteiger partial charge in [0.05, 0.1) is 11.9 Å². The van der Waals surface area contributed by atoms with Gasteiger partial charge < -0.3 is 15.0 Å². The molecule has 1 saturated heterocycles. The van der Waals surface area contributed by atoms with Crippen molar-refractivity contribution in [2.45, 2.75) is 13.3 Å². The Hall–Kier alpha value is -1.89. The lowest BCUT2D eigenvalue weighted by Crippen LogP contribution is -2.33. The minimum absolute atomic E-state index is 0.0782. The molecule has 7 heteroatoms. The van der Waals surface area contributed by atoms with Gasteiger partial charge in [0.15, 0.2) is 0 Å². The Labute approximate surface area is 123 Å². The molecule has 1 fully saturated rings. The van der Waals surface area contributed by atoms with E-state index in [1.165, 1.54) is 4.68 Å². The average Bonchev–Trinajstić information content (AvgIpc) is 2.94. The van der Waals surface area contributed by atoms with Crippen LogP contribution in [0.2, 0.25) is 0 Å². The Morgan fingerprint density at radius 1 is 1.57 bits per heavy atom. The number of hydrogen-bond donors (Lipinski definition) is 1. The summed E-state index contributed by atoms with van der Waals surface area (Å²) >= 11 is 0. The van der Waals surface area contributed by atoms with Crippen molar-refractivity contribution in [1.82, 2.24) is 15.1 Å². The number of hydrogen-bond acceptors (Lipinski definition) is 5. The number of ether oxygens (including phenoxy) is 1. The van der Waals surface area contributed by atoms with Gasteiger partial charge in [0.1, 0.15) is 6.61 Å². The van der Waals surface area contributed by atoms with Crippen molar-refractivity contribution in [2.75, 3.05) is 37.7 Å². The van der Waals surface area contributed by atoms with Gasteiger partial charge in [0.2, 0.25) is 5.91 Å². The van der Waals surface area contributed by atoms with Crippen LogP contribution < -0.4 is 15.8 Å². The van der Waals surface area contributed by atoms with Gasteiger partial charge in [-0.25, -0.2) is 4.68 Å². The molecular weight excluding hydrogens is 272 g/mol. The molecule has 0 saturated carbocycles. The number of nitrogens with zero attached hydrogens (tertiary/aromatic N) is 3. The first-order valence-corrected chi connectivity index (χ1v) is 7.23. The molecule has 1 aromatic rings. The average molecular weight is 294 g/mol. The van der Waals surface area contributed by atoms with Gasteiger partial charge in [-0.15, -0.1) is 0 Å². The second-order valence-corrected chi connectivity index (χ2v) is 5.22. The lowest BCUT2D eigenvalue weighted by molar-refractivity contribution is -0.125. The number of nitrogens with one attached hydrogen (secondary N) is 1. The first-order chi connectivity index (χ1) is 10.1. The molecule has 2 rings (SSSR count). The summed E-state index contributed by atoms with van der Waals surface area (Å²) < 4.78 is 6.37. The molecule has 0 radical (unpaired) electrons. The van der Waals surface area contributed by atoms with E-state index in [1.54, 1.807) is 19.3 Å². The summed E-state index contributed by atoms with van der Waals surface area (Å²) in [6.07, 6.45) is 2.70. The lowest BCUT2D eigenvalue weighted by Gasteiger charge is -2.18. The Balaban J connectivity index is 1.82. The minimum Gasteiger partial charge on any atom is -0.372 e. The fourth-order valence-corrected chi connectivity index (χ4v) is 2.37. The van der Waals surface area contributed by atoms with Gasteiger partial charge in [-0.2, -0.15) is 5.10 Å². The molecule has 1 amide bonds. The number of amides is 1. The van der Waals surface area contributed by atoms with Gasteiger partial charge >= 0.3 is 0 Å². The predicted molar refractivity (Wildman–Crippen MR) is 79.3 cm³/mol. The molecule has 0 spiro atoms. The third kappa shape index (κ3) is 4.29. The molecule has 0 aliphatic carbocycles. The molecule has 1 aliphatic heterocycles. The largest absolute Gasteiger partial charge is 0.372 e. The van der Waals surface area contributed by atoms with Crippen LogP contribution in [0.5, 0.6) is 0 Å². The van der Waals surface area contributed by atoms with E-state index in [1.807, 2.05) is 6.92 Å². The van der Waals surface area contributed by atoms with Gasteiger partial charge in [0.25, 0.3) is 5.56 Å². The van der Waals surface area contributed by atoms with Gasteiger partial charge in [-0.3, -0.25) is 9.59 Å². The molecule has 0 bridgehead atoms. The summed E-state index contributed by atoms with van der Waals surface area (Å²) in [6, 6.07) is 1.60. The van der Waals surface area contributed by atoms with E-state index in [0.717, 1.165) is 25.2 Å². The van der Waals surface area contributed by atoms with Gasteiger partial charge in [0, 0.05) is 39.4 Å². The molecule has 1 atom stereocenters. The molecule has 1 N–H and O–H groups in total. The molecule has 1 aliphatic rings. The van der Waals surface area contributed by atoms with Crippen LogP contribution in [0.1, 0.15) is 13.3 Å². The third-order valence-corrected chi connectivity index (χ3v) is 3.63. The first-order valence-electron chi connectivity index (χ1n) is 7.23. The molecule has 21 heavy (non-hydrogen) atoms. The summed E-state index contributed by atoms with van der Waals surface area (Å²) in [5.41, 5.74) is 0.738. The number of aryl methyl sites for hydroxylation is 1. The van der Waals surface area contributed by atoms with E-state index in [4.69, 9.17) is 4.74 Å². The zero-order valence-corrected chi connectivity index (χ0v) is 12.5. The Kier molecular flexibility index (Phi) is 5.32. The van der Waals surface area contributed by atoms with Crippen LogP contribution in [-0.2, 0) is 16.6 Å². The first kappa shape index (κ1) is 15.5. The number of carbonyl (C=O) groups is 1. The number of carbonyl (C=O) groups excluding carboxylic acids is 1. The lowest BCUT2D eigenvalue weighted by atomic mass is 10.1. The zero-order chi connectivity index (χ0) is 15.2. The van der Waals surface area contributed by atoms with Crippen molar-refractivity contribution >= 4 is 11.6 Å². The van der Waals surface area contributed by atoms with Crippen molar-refractivity contribution in [3.8, 4) is 0 Å². The van der Waals surface area contributed by atoms with Crippen molar-refractivity contribution in [1.29, 1.82) is 0 Å². The van der Waals surface area contributed by atoms with Crippen LogP contribution in [0, 0.1) is 5.92 Å². The van der Waals surface area contributed by atoms with Crippen LogP contribution in [-0.4, -0.2) is 48.5 Å². The number of aromatic nitrogens is 2. The molecular formula is C14H22N4O3. The maximum atomic E-state index is 11.6. The smallest absolute Gasteiger partial charge is 0.268 e. The topological polar surface area (TPSA) is 76.5 Å². The molecule has 1 aromatic heterocycles. The summed E-state index contributed by atoms with van der Waals surface area (Å²) in [4.78, 5) is 25.2. The highest BCUT2D eigenvalue weighted by molar-refractivity contribution is 5.77. The fraction of sp³-hybridized carbons (Fsp3) is 0.643. The highest BCUT2D eigenvalue weighted by Gasteiger charge is 2.23. The summed E-state index contributed by atoms with van der Waals surface area (Å²) in [7, 11) is 1.63. The van der Waals surface area contributed by atoms with Crippen LogP contribution in [0.3, 0.4) is 0 Å². The number of rotatable bonds is 6. The minimum atomic E-state index is -0.110. The molecule has 2 heterocycles. The monoisotopic (exact) mass is 294 g/mol. The van der Waals surface area contributed by atoms with Gasteiger partial charge in [-0.05, 0) is 19.3 Å². The highest BCUT2D eigenvalue weighted by atomic mass is 16.5. The Morgan fingerprint density at radius 3 is 3.10 bits per heavy atom. The van der Waals surface area contributed by atoms with E-state index in [-0.39, 0.29) is 18.1 Å². The zero-order valence-electron chi connectivity index (χ0n) is 12.5. The van der Waals surface area contributed by atoms with Gasteiger partial charge in [-0.1, -0.05) is 0 Å². The highest BCUT2D eigenvalue weighted by Crippen LogP contribution is 2.21. The summed E-state index contributed by atoms with van der Waals surface area (Å²) in [5, 5.41) is 6.91. The maximum Gasteiger partial charge on any atom is 0.268 e. The molecule has 0 unspecified atom stereocenters. The fourth-order valence-electron chi connectivity index (χ4n) is 2.37. The van der Waals surface area contributed by atoms with E-state index >= 15 is 0 Å².